The number of rotatable bonds is 7. The molecule has 0 saturated carbocycles. The number of methoxy groups -OCH3 is 1. The number of thiocarbonyl (C=S) groups is 1. The molecule has 0 aliphatic carbocycles. The molecule has 0 bridgehead atoms. The van der Waals surface area contributed by atoms with Gasteiger partial charge in [-0.3, -0.25) is 9.69 Å². The van der Waals surface area contributed by atoms with Crippen LogP contribution < -0.4 is 14.8 Å². The summed E-state index contributed by atoms with van der Waals surface area (Å²) >= 11 is 5.17. The molecule has 24 heavy (non-hydrogen) atoms. The van der Waals surface area contributed by atoms with Crippen molar-refractivity contribution in [2.45, 2.75) is 26.4 Å². The quantitative estimate of drug-likeness (QED) is 0.601. The largest absolute Gasteiger partial charge is 0.493 e. The van der Waals surface area contributed by atoms with Crippen LogP contribution >= 0.6 is 12.2 Å². The average Bonchev–Trinajstić information content (AvgIpc) is 2.80. The van der Waals surface area contributed by atoms with E-state index in [0.29, 0.717) is 22.9 Å². The highest BCUT2D eigenvalue weighted by Gasteiger charge is 2.29. The number of unbranched alkanes of at least 4 members (excludes halogenated alkanes) is 1. The van der Waals surface area contributed by atoms with Crippen molar-refractivity contribution in [1.29, 1.82) is 0 Å². The fraction of sp³-hybridized carbons (Fsp3) is 0.375. The minimum atomic E-state index is -2.94. The summed E-state index contributed by atoms with van der Waals surface area (Å²) in [6.45, 7) is -0.350. The second-order valence-electron chi connectivity index (χ2n) is 5.09. The molecule has 0 unspecified atom stereocenters. The number of amides is 1. The molecule has 1 fully saturated rings. The van der Waals surface area contributed by atoms with Crippen LogP contribution in [-0.4, -0.2) is 36.2 Å². The van der Waals surface area contributed by atoms with Gasteiger partial charge in [0, 0.05) is 6.54 Å². The summed E-state index contributed by atoms with van der Waals surface area (Å²) in [5, 5.41) is 3.24. The lowest BCUT2D eigenvalue weighted by molar-refractivity contribution is -0.122. The molecular formula is C16H18F2N2O3S. The Bertz CT molecular complexity index is 665. The summed E-state index contributed by atoms with van der Waals surface area (Å²) in [5.74, 6) is -0.124. The highest BCUT2D eigenvalue weighted by molar-refractivity contribution is 7.80. The van der Waals surface area contributed by atoms with Crippen molar-refractivity contribution in [2.24, 2.45) is 0 Å². The number of carbonyl (C=O) groups excluding carboxylic acids is 1. The predicted molar refractivity (Wildman–Crippen MR) is 90.0 cm³/mol. The maximum atomic E-state index is 12.3. The Morgan fingerprint density at radius 3 is 2.75 bits per heavy atom. The number of ether oxygens (including phenoxy) is 2. The van der Waals surface area contributed by atoms with Crippen molar-refractivity contribution < 1.29 is 23.0 Å². The predicted octanol–water partition coefficient (Wildman–Crippen LogP) is 3.15. The lowest BCUT2D eigenvalue weighted by Gasteiger charge is -2.12. The van der Waals surface area contributed by atoms with Gasteiger partial charge in [0.05, 0.1) is 7.11 Å². The van der Waals surface area contributed by atoms with E-state index in [0.717, 1.165) is 12.8 Å². The second-order valence-corrected chi connectivity index (χ2v) is 5.47. The van der Waals surface area contributed by atoms with Crippen LogP contribution in [0.25, 0.3) is 6.08 Å². The van der Waals surface area contributed by atoms with Gasteiger partial charge in [0.25, 0.3) is 5.91 Å². The van der Waals surface area contributed by atoms with E-state index in [1.807, 2.05) is 6.92 Å². The maximum absolute atomic E-state index is 12.3. The van der Waals surface area contributed by atoms with Crippen molar-refractivity contribution >= 4 is 29.3 Å². The Balaban J connectivity index is 2.22. The van der Waals surface area contributed by atoms with Crippen LogP contribution in [0.3, 0.4) is 0 Å². The molecule has 1 aliphatic heterocycles. The first-order valence-corrected chi connectivity index (χ1v) is 7.84. The standard InChI is InChI=1S/C16H18F2N2O3S/c1-3-4-7-20-14(21)11(19-16(20)24)8-10-5-6-12(23-15(17)18)13(9-10)22-2/h5-6,8-9,15H,3-4,7H2,1-2H3,(H,19,24)/b11-8-. The molecule has 8 heteroatoms. The molecule has 0 atom stereocenters. The minimum absolute atomic E-state index is 0.0690. The van der Waals surface area contributed by atoms with Crippen LogP contribution in [-0.2, 0) is 4.79 Å². The normalized spacial score (nSPS) is 16.0. The lowest BCUT2D eigenvalue weighted by Crippen LogP contribution is -2.31. The number of halogens is 2. The number of alkyl halides is 2. The summed E-state index contributed by atoms with van der Waals surface area (Å²) in [6, 6.07) is 4.43. The molecule has 1 N–H and O–H groups in total. The van der Waals surface area contributed by atoms with Gasteiger partial charge in [0.1, 0.15) is 5.70 Å². The third-order valence-corrected chi connectivity index (χ3v) is 3.73. The smallest absolute Gasteiger partial charge is 0.387 e. The summed E-state index contributed by atoms with van der Waals surface area (Å²) < 4.78 is 34.1. The molecule has 0 radical (unpaired) electrons. The number of nitrogens with one attached hydrogen (secondary N) is 1. The molecule has 5 nitrogen and oxygen atoms in total. The molecule has 1 heterocycles. The van der Waals surface area contributed by atoms with Crippen molar-refractivity contribution in [1.82, 2.24) is 10.2 Å². The van der Waals surface area contributed by atoms with E-state index in [-0.39, 0.29) is 17.4 Å². The Hall–Kier alpha value is -2.22. The van der Waals surface area contributed by atoms with Crippen LogP contribution in [0.15, 0.2) is 23.9 Å². The van der Waals surface area contributed by atoms with E-state index in [1.165, 1.54) is 24.1 Å². The number of hydrogen-bond acceptors (Lipinski definition) is 4. The minimum Gasteiger partial charge on any atom is -0.493 e. The Labute approximate surface area is 144 Å². The van der Waals surface area contributed by atoms with E-state index < -0.39 is 6.61 Å². The van der Waals surface area contributed by atoms with Crippen LogP contribution in [0.5, 0.6) is 11.5 Å². The van der Waals surface area contributed by atoms with Crippen LogP contribution in [0.2, 0.25) is 0 Å². The molecule has 130 valence electrons. The van der Waals surface area contributed by atoms with Gasteiger partial charge >= 0.3 is 6.61 Å². The van der Waals surface area contributed by atoms with E-state index in [4.69, 9.17) is 17.0 Å². The average molecular weight is 356 g/mol. The third-order valence-electron chi connectivity index (χ3n) is 3.41. The molecule has 1 aromatic rings. The van der Waals surface area contributed by atoms with Gasteiger partial charge in [-0.1, -0.05) is 19.4 Å². The highest BCUT2D eigenvalue weighted by atomic mass is 32.1. The number of carbonyl (C=O) groups is 1. The van der Waals surface area contributed by atoms with E-state index >= 15 is 0 Å². The van der Waals surface area contributed by atoms with Gasteiger partial charge in [-0.05, 0) is 42.4 Å². The molecule has 0 spiro atoms. The molecule has 1 aromatic carbocycles. The van der Waals surface area contributed by atoms with Crippen molar-refractivity contribution in [2.75, 3.05) is 13.7 Å². The number of nitrogens with zero attached hydrogens (tertiary/aromatic N) is 1. The van der Waals surface area contributed by atoms with Gasteiger partial charge in [-0.15, -0.1) is 0 Å². The van der Waals surface area contributed by atoms with Crippen LogP contribution in [0.1, 0.15) is 25.3 Å². The van der Waals surface area contributed by atoms with Gasteiger partial charge < -0.3 is 14.8 Å². The zero-order valence-electron chi connectivity index (χ0n) is 13.3. The Morgan fingerprint density at radius 1 is 1.38 bits per heavy atom. The molecule has 1 amide bonds. The second kappa shape index (κ2) is 8.05. The number of hydrogen-bond donors (Lipinski definition) is 1. The van der Waals surface area contributed by atoms with Crippen molar-refractivity contribution in [3.05, 3.63) is 29.5 Å². The zero-order chi connectivity index (χ0) is 17.7. The van der Waals surface area contributed by atoms with Crippen LogP contribution in [0.4, 0.5) is 8.78 Å². The fourth-order valence-corrected chi connectivity index (χ4v) is 2.51. The summed E-state index contributed by atoms with van der Waals surface area (Å²) in [4.78, 5) is 13.9. The fourth-order valence-electron chi connectivity index (χ4n) is 2.22. The topological polar surface area (TPSA) is 50.8 Å². The zero-order valence-corrected chi connectivity index (χ0v) is 14.2. The van der Waals surface area contributed by atoms with Gasteiger partial charge in [0.15, 0.2) is 16.6 Å². The van der Waals surface area contributed by atoms with Crippen molar-refractivity contribution in [3.8, 4) is 11.5 Å². The maximum Gasteiger partial charge on any atom is 0.387 e. The first kappa shape index (κ1) is 18.1. The van der Waals surface area contributed by atoms with E-state index in [9.17, 15) is 13.6 Å². The molecule has 1 aliphatic rings. The summed E-state index contributed by atoms with van der Waals surface area (Å²) in [7, 11) is 1.35. The summed E-state index contributed by atoms with van der Waals surface area (Å²) in [6.07, 6.45) is 3.40. The molecule has 1 saturated heterocycles. The third kappa shape index (κ3) is 4.19. The molecule has 0 aromatic heterocycles. The van der Waals surface area contributed by atoms with E-state index in [1.54, 1.807) is 12.1 Å². The first-order chi connectivity index (χ1) is 11.5. The van der Waals surface area contributed by atoms with Gasteiger partial charge in [-0.2, -0.15) is 8.78 Å². The van der Waals surface area contributed by atoms with Crippen molar-refractivity contribution in [3.63, 3.8) is 0 Å². The monoisotopic (exact) mass is 356 g/mol. The lowest BCUT2D eigenvalue weighted by atomic mass is 10.1. The SMILES string of the molecule is CCCCN1C(=O)/C(=C/c2ccc(OC(F)F)c(OC)c2)NC1=S. The van der Waals surface area contributed by atoms with Gasteiger partial charge in [-0.25, -0.2) is 0 Å². The van der Waals surface area contributed by atoms with Gasteiger partial charge in [0.2, 0.25) is 0 Å². The Kier molecular flexibility index (Phi) is 6.08. The first-order valence-electron chi connectivity index (χ1n) is 7.43. The highest BCUT2D eigenvalue weighted by Crippen LogP contribution is 2.30. The van der Waals surface area contributed by atoms with E-state index in [2.05, 4.69) is 10.1 Å². The molecular weight excluding hydrogens is 338 g/mol. The number of benzene rings is 1. The molecule has 2 rings (SSSR count). The van der Waals surface area contributed by atoms with Crippen LogP contribution in [0, 0.1) is 0 Å². The summed E-state index contributed by atoms with van der Waals surface area (Å²) in [5.41, 5.74) is 0.935. The Morgan fingerprint density at radius 2 is 2.12 bits per heavy atom.